The Kier molecular flexibility index (Phi) is 5.86. The van der Waals surface area contributed by atoms with E-state index < -0.39 is 0 Å². The van der Waals surface area contributed by atoms with Crippen molar-refractivity contribution in [3.63, 3.8) is 0 Å². The van der Waals surface area contributed by atoms with Crippen LogP contribution >= 0.6 is 11.8 Å². The molecule has 0 bridgehead atoms. The van der Waals surface area contributed by atoms with Crippen LogP contribution in [0.25, 0.3) is 0 Å². The molecule has 2 aliphatic heterocycles. The van der Waals surface area contributed by atoms with E-state index in [1.807, 2.05) is 18.0 Å². The van der Waals surface area contributed by atoms with Crippen LogP contribution in [0.15, 0.2) is 32.6 Å². The highest BCUT2D eigenvalue weighted by atomic mass is 32.2. The van der Waals surface area contributed by atoms with Crippen LogP contribution in [0.2, 0.25) is 0 Å². The summed E-state index contributed by atoms with van der Waals surface area (Å²) in [4.78, 5) is 12.9. The van der Waals surface area contributed by atoms with Gasteiger partial charge in [0.2, 0.25) is 0 Å². The molecule has 2 fully saturated rings. The molecule has 3 unspecified atom stereocenters. The number of nitrogens with one attached hydrogen (secondary N) is 1. The van der Waals surface area contributed by atoms with Gasteiger partial charge in [0, 0.05) is 35.5 Å². The van der Waals surface area contributed by atoms with Crippen LogP contribution < -0.4 is 16.8 Å². The summed E-state index contributed by atoms with van der Waals surface area (Å²) in [5, 5.41) is 3.39. The molecule has 0 spiro atoms. The first kappa shape index (κ1) is 20.0. The molecule has 0 aromatic rings. The van der Waals surface area contributed by atoms with Gasteiger partial charge in [0.1, 0.15) is 6.17 Å². The number of likely N-dealkylation sites (tertiary alicyclic amines) is 1. The second-order valence-corrected chi connectivity index (χ2v) is 10.1. The summed E-state index contributed by atoms with van der Waals surface area (Å²) in [6.07, 6.45) is 12.2. The quantitative estimate of drug-likeness (QED) is 0.614. The average Bonchev–Trinajstić information content (AvgIpc) is 3.43. The van der Waals surface area contributed by atoms with E-state index in [0.29, 0.717) is 5.92 Å². The van der Waals surface area contributed by atoms with Gasteiger partial charge in [-0.15, -0.1) is 11.8 Å². The monoisotopic (exact) mass is 402 g/mol. The van der Waals surface area contributed by atoms with E-state index in [2.05, 4.69) is 46.2 Å². The molecular weight excluding hydrogens is 368 g/mol. The van der Waals surface area contributed by atoms with E-state index in [4.69, 9.17) is 11.5 Å². The van der Waals surface area contributed by atoms with Crippen molar-refractivity contribution in [3.8, 4) is 0 Å². The summed E-state index contributed by atoms with van der Waals surface area (Å²) in [5.41, 5.74) is 14.0. The van der Waals surface area contributed by atoms with E-state index in [1.54, 1.807) is 5.57 Å². The Hall–Kier alpha value is -1.31. The largest absolute Gasteiger partial charge is 0.343 e. The lowest BCUT2D eigenvalue weighted by molar-refractivity contribution is 0.240. The fraction of sp³-hybridized carbons (Fsp3) is 0.714. The standard InChI is InChI=1S/C21H34N6S/c1-14-3-6-16(13-17(14)15-4-5-15)28-12-9-24-19-18(22)25-20(26-19)27-10-7-21(2,23)8-11-27/h6,9,13-15,18-19H,3-5,7-8,10-12,22-23H2,1-2H3,(H,25,26)/b24-9-. The van der Waals surface area contributed by atoms with Crippen molar-refractivity contribution >= 4 is 23.9 Å². The maximum absolute atomic E-state index is 6.23. The molecular formula is C21H34N6S. The predicted octanol–water partition coefficient (Wildman–Crippen LogP) is 2.43. The lowest BCUT2D eigenvalue weighted by atomic mass is 9.90. The second kappa shape index (κ2) is 8.20. The van der Waals surface area contributed by atoms with E-state index >= 15 is 0 Å². The van der Waals surface area contributed by atoms with E-state index in [0.717, 1.165) is 43.6 Å². The Balaban J connectivity index is 1.24. The summed E-state index contributed by atoms with van der Waals surface area (Å²) in [5.74, 6) is 3.31. The summed E-state index contributed by atoms with van der Waals surface area (Å²) >= 11 is 1.87. The van der Waals surface area contributed by atoms with Gasteiger partial charge in [0.25, 0.3) is 0 Å². The van der Waals surface area contributed by atoms with Crippen LogP contribution in [0.4, 0.5) is 0 Å². The third-order valence-corrected chi connectivity index (χ3v) is 7.20. The number of aliphatic imine (C=N–C) groups is 2. The zero-order valence-corrected chi connectivity index (χ0v) is 17.9. The van der Waals surface area contributed by atoms with E-state index in [-0.39, 0.29) is 17.9 Å². The summed E-state index contributed by atoms with van der Waals surface area (Å²) in [6.45, 7) is 6.31. The van der Waals surface area contributed by atoms with E-state index in [9.17, 15) is 0 Å². The molecule has 0 aromatic carbocycles. The highest BCUT2D eigenvalue weighted by molar-refractivity contribution is 8.03. The number of nitrogens with two attached hydrogens (primary N) is 2. The number of rotatable bonds is 5. The Labute approximate surface area is 173 Å². The summed E-state index contributed by atoms with van der Waals surface area (Å²) < 4.78 is 0. The number of guanidine groups is 1. The van der Waals surface area contributed by atoms with Gasteiger partial charge in [0.15, 0.2) is 12.1 Å². The van der Waals surface area contributed by atoms with Crippen molar-refractivity contribution in [2.24, 2.45) is 33.3 Å². The Bertz CT molecular complexity index is 696. The van der Waals surface area contributed by atoms with Crippen molar-refractivity contribution in [3.05, 3.63) is 22.6 Å². The second-order valence-electron chi connectivity index (χ2n) is 8.98. The number of thioether (sulfide) groups is 1. The zero-order chi connectivity index (χ0) is 19.7. The van der Waals surface area contributed by atoms with E-state index in [1.165, 1.54) is 24.2 Å². The smallest absolute Gasteiger partial charge is 0.197 e. The zero-order valence-electron chi connectivity index (χ0n) is 17.1. The SMILES string of the molecule is CC1CC=C(SC/C=N\C2NC(N3CCC(C)(N)CC3)=NC2N)C=C1C1CC1. The highest BCUT2D eigenvalue weighted by Crippen LogP contribution is 2.44. The van der Waals surface area contributed by atoms with Gasteiger partial charge in [0.05, 0.1) is 0 Å². The summed E-state index contributed by atoms with van der Waals surface area (Å²) in [6, 6.07) is 0. The molecule has 7 heteroatoms. The lowest BCUT2D eigenvalue weighted by Gasteiger charge is -2.37. The Morgan fingerprint density at radius 3 is 2.86 bits per heavy atom. The van der Waals surface area contributed by atoms with Gasteiger partial charge in [-0.1, -0.05) is 18.6 Å². The van der Waals surface area contributed by atoms with Gasteiger partial charge >= 0.3 is 0 Å². The maximum atomic E-state index is 6.23. The summed E-state index contributed by atoms with van der Waals surface area (Å²) in [7, 11) is 0. The maximum Gasteiger partial charge on any atom is 0.197 e. The molecule has 0 amide bonds. The molecule has 5 N–H and O–H groups in total. The minimum Gasteiger partial charge on any atom is -0.343 e. The molecule has 0 radical (unpaired) electrons. The van der Waals surface area contributed by atoms with Crippen LogP contribution in [0.3, 0.4) is 0 Å². The van der Waals surface area contributed by atoms with Crippen LogP contribution in [-0.2, 0) is 0 Å². The molecule has 4 rings (SSSR count). The van der Waals surface area contributed by atoms with Crippen LogP contribution in [0, 0.1) is 11.8 Å². The van der Waals surface area contributed by atoms with Crippen molar-refractivity contribution in [2.45, 2.75) is 63.8 Å². The Morgan fingerprint density at radius 1 is 1.39 bits per heavy atom. The van der Waals surface area contributed by atoms with Gasteiger partial charge in [-0.05, 0) is 56.9 Å². The normalized spacial score (nSPS) is 32.8. The van der Waals surface area contributed by atoms with Crippen LogP contribution in [0.5, 0.6) is 0 Å². The number of nitrogens with zero attached hydrogens (tertiary/aromatic N) is 3. The topological polar surface area (TPSA) is 92.0 Å². The molecule has 1 saturated carbocycles. The van der Waals surface area contributed by atoms with Crippen LogP contribution in [0.1, 0.15) is 46.0 Å². The number of piperidine rings is 1. The molecule has 154 valence electrons. The lowest BCUT2D eigenvalue weighted by Crippen LogP contribution is -2.52. The molecule has 28 heavy (non-hydrogen) atoms. The first-order chi connectivity index (χ1) is 13.4. The van der Waals surface area contributed by atoms with Gasteiger partial charge < -0.3 is 21.7 Å². The third-order valence-electron chi connectivity index (χ3n) is 6.27. The minimum atomic E-state index is -0.321. The number of allylic oxidation sites excluding steroid dienone is 3. The van der Waals surface area contributed by atoms with Crippen LogP contribution in [-0.4, -0.2) is 53.8 Å². The number of hydrogen-bond donors (Lipinski definition) is 3. The molecule has 4 aliphatic rings. The Morgan fingerprint density at radius 2 is 2.14 bits per heavy atom. The van der Waals surface area contributed by atoms with Crippen molar-refractivity contribution in [1.82, 2.24) is 10.2 Å². The molecule has 3 atom stereocenters. The number of hydrogen-bond acceptors (Lipinski definition) is 7. The molecule has 0 aromatic heterocycles. The predicted molar refractivity (Wildman–Crippen MR) is 119 cm³/mol. The molecule has 6 nitrogen and oxygen atoms in total. The first-order valence-corrected chi connectivity index (χ1v) is 11.6. The van der Waals surface area contributed by atoms with Crippen molar-refractivity contribution in [2.75, 3.05) is 18.8 Å². The van der Waals surface area contributed by atoms with Gasteiger partial charge in [-0.3, -0.25) is 4.99 Å². The molecule has 1 saturated heterocycles. The molecule has 2 heterocycles. The fourth-order valence-corrected chi connectivity index (χ4v) is 4.90. The first-order valence-electron chi connectivity index (χ1n) is 10.6. The van der Waals surface area contributed by atoms with Crippen molar-refractivity contribution in [1.29, 1.82) is 0 Å². The van der Waals surface area contributed by atoms with Crippen molar-refractivity contribution < 1.29 is 0 Å². The van der Waals surface area contributed by atoms with Gasteiger partial charge in [-0.25, -0.2) is 4.99 Å². The van der Waals surface area contributed by atoms with Gasteiger partial charge in [-0.2, -0.15) is 0 Å². The average molecular weight is 403 g/mol. The minimum absolute atomic E-state index is 0.0635. The fourth-order valence-electron chi connectivity index (χ4n) is 4.12. The third kappa shape index (κ3) is 4.81. The highest BCUT2D eigenvalue weighted by Gasteiger charge is 2.33. The molecule has 2 aliphatic carbocycles.